The molecule has 7 heteroatoms. The van der Waals surface area contributed by atoms with Crippen molar-refractivity contribution in [2.24, 2.45) is 16.3 Å². The fourth-order valence-electron chi connectivity index (χ4n) is 1.81. The standard InChI is InChI=1S/C11H18N4O3/c1-3-11(4-2,9(12)14-17)10(16)13-7-8-5-6-18-15-8/h5-6,17H,3-4,7H2,1-2H3,(H2,12,14)(H,13,16). The maximum Gasteiger partial charge on any atom is 0.234 e. The average molecular weight is 254 g/mol. The third-order valence-corrected chi connectivity index (χ3v) is 3.16. The molecule has 0 aliphatic rings. The van der Waals surface area contributed by atoms with Crippen molar-refractivity contribution in [3.05, 3.63) is 18.0 Å². The molecule has 0 atom stereocenters. The molecule has 18 heavy (non-hydrogen) atoms. The van der Waals surface area contributed by atoms with Gasteiger partial charge in [0, 0.05) is 6.07 Å². The van der Waals surface area contributed by atoms with Gasteiger partial charge >= 0.3 is 0 Å². The van der Waals surface area contributed by atoms with Gasteiger partial charge in [-0.1, -0.05) is 24.2 Å². The van der Waals surface area contributed by atoms with Gasteiger partial charge in [-0.3, -0.25) is 4.79 Å². The van der Waals surface area contributed by atoms with Crippen molar-refractivity contribution >= 4 is 11.7 Å². The molecular formula is C11H18N4O3. The Morgan fingerprint density at radius 1 is 1.61 bits per heavy atom. The molecule has 0 spiro atoms. The van der Waals surface area contributed by atoms with Crippen molar-refractivity contribution in [2.45, 2.75) is 33.2 Å². The average Bonchev–Trinajstić information content (AvgIpc) is 2.91. The number of hydrogen-bond acceptors (Lipinski definition) is 5. The molecule has 7 nitrogen and oxygen atoms in total. The highest BCUT2D eigenvalue weighted by molar-refractivity contribution is 6.06. The number of nitrogens with one attached hydrogen (secondary N) is 1. The Bertz CT molecular complexity index is 410. The first-order valence-corrected chi connectivity index (χ1v) is 5.76. The lowest BCUT2D eigenvalue weighted by Crippen LogP contribution is -2.49. The predicted octanol–water partition coefficient (Wildman–Crippen LogP) is 0.844. The second kappa shape index (κ2) is 6.04. The van der Waals surface area contributed by atoms with Crippen LogP contribution in [-0.4, -0.2) is 22.1 Å². The van der Waals surface area contributed by atoms with Crippen molar-refractivity contribution in [2.75, 3.05) is 0 Å². The van der Waals surface area contributed by atoms with Gasteiger partial charge in [-0.25, -0.2) is 0 Å². The van der Waals surface area contributed by atoms with Crippen LogP contribution in [0.5, 0.6) is 0 Å². The van der Waals surface area contributed by atoms with Crippen LogP contribution in [-0.2, 0) is 11.3 Å². The monoisotopic (exact) mass is 254 g/mol. The maximum atomic E-state index is 12.2. The van der Waals surface area contributed by atoms with Crippen LogP contribution >= 0.6 is 0 Å². The lowest BCUT2D eigenvalue weighted by atomic mass is 9.80. The topological polar surface area (TPSA) is 114 Å². The lowest BCUT2D eigenvalue weighted by Gasteiger charge is -2.28. The summed E-state index contributed by atoms with van der Waals surface area (Å²) in [5, 5.41) is 18.2. The number of rotatable bonds is 6. The van der Waals surface area contributed by atoms with E-state index in [9.17, 15) is 4.79 Å². The molecule has 1 aromatic heterocycles. The first-order chi connectivity index (χ1) is 8.60. The van der Waals surface area contributed by atoms with E-state index < -0.39 is 5.41 Å². The minimum atomic E-state index is -0.988. The molecule has 1 amide bonds. The number of nitrogens with two attached hydrogens (primary N) is 1. The zero-order valence-corrected chi connectivity index (χ0v) is 10.5. The normalized spacial score (nSPS) is 12.4. The van der Waals surface area contributed by atoms with E-state index in [4.69, 9.17) is 10.9 Å². The Morgan fingerprint density at radius 3 is 2.72 bits per heavy atom. The molecule has 0 aromatic carbocycles. The van der Waals surface area contributed by atoms with E-state index in [1.54, 1.807) is 6.07 Å². The van der Waals surface area contributed by atoms with Crippen molar-refractivity contribution in [1.82, 2.24) is 10.5 Å². The van der Waals surface area contributed by atoms with E-state index in [1.165, 1.54) is 6.26 Å². The molecule has 1 heterocycles. The highest BCUT2D eigenvalue weighted by Crippen LogP contribution is 2.27. The summed E-state index contributed by atoms with van der Waals surface area (Å²) in [5.74, 6) is -0.365. The van der Waals surface area contributed by atoms with Crippen LogP contribution in [0.4, 0.5) is 0 Å². The second-order valence-electron chi connectivity index (χ2n) is 3.95. The Labute approximate surface area is 105 Å². The molecule has 1 rings (SSSR count). The zero-order chi connectivity index (χ0) is 13.6. The van der Waals surface area contributed by atoms with Gasteiger partial charge in [0.15, 0.2) is 5.84 Å². The zero-order valence-electron chi connectivity index (χ0n) is 10.5. The van der Waals surface area contributed by atoms with Gasteiger partial charge < -0.3 is 20.8 Å². The number of carbonyl (C=O) groups is 1. The molecule has 0 aliphatic carbocycles. The highest BCUT2D eigenvalue weighted by atomic mass is 16.5. The minimum absolute atomic E-state index is 0.0786. The summed E-state index contributed by atoms with van der Waals surface area (Å²) in [6.45, 7) is 3.88. The van der Waals surface area contributed by atoms with E-state index in [0.29, 0.717) is 18.5 Å². The molecular weight excluding hydrogens is 236 g/mol. The van der Waals surface area contributed by atoms with Crippen molar-refractivity contribution in [1.29, 1.82) is 0 Å². The summed E-state index contributed by atoms with van der Waals surface area (Å²) in [7, 11) is 0. The molecule has 100 valence electrons. The molecule has 0 aliphatic heterocycles. The summed E-state index contributed by atoms with van der Waals surface area (Å²) in [5.41, 5.74) is 5.26. The molecule has 0 radical (unpaired) electrons. The summed E-state index contributed by atoms with van der Waals surface area (Å²) in [6.07, 6.45) is 2.33. The first kappa shape index (κ1) is 14.0. The van der Waals surface area contributed by atoms with Gasteiger partial charge in [0.1, 0.15) is 17.4 Å². The van der Waals surface area contributed by atoms with Crippen LogP contribution in [0.15, 0.2) is 22.0 Å². The van der Waals surface area contributed by atoms with E-state index in [1.807, 2.05) is 13.8 Å². The third kappa shape index (κ3) is 2.61. The second-order valence-corrected chi connectivity index (χ2v) is 3.95. The van der Waals surface area contributed by atoms with Crippen LogP contribution < -0.4 is 11.1 Å². The Kier molecular flexibility index (Phi) is 4.70. The van der Waals surface area contributed by atoms with Crippen molar-refractivity contribution < 1.29 is 14.5 Å². The summed E-state index contributed by atoms with van der Waals surface area (Å²) >= 11 is 0. The third-order valence-electron chi connectivity index (χ3n) is 3.16. The van der Waals surface area contributed by atoms with Gasteiger partial charge in [0.2, 0.25) is 5.91 Å². The Hall–Kier alpha value is -2.05. The number of aromatic nitrogens is 1. The van der Waals surface area contributed by atoms with Crippen LogP contribution in [0.2, 0.25) is 0 Å². The molecule has 0 unspecified atom stereocenters. The van der Waals surface area contributed by atoms with E-state index in [-0.39, 0.29) is 18.3 Å². The molecule has 4 N–H and O–H groups in total. The van der Waals surface area contributed by atoms with Crippen LogP contribution in [0, 0.1) is 5.41 Å². The number of amidine groups is 1. The van der Waals surface area contributed by atoms with Crippen molar-refractivity contribution in [3.8, 4) is 0 Å². The fraction of sp³-hybridized carbons (Fsp3) is 0.545. The molecule has 0 saturated heterocycles. The summed E-state index contributed by atoms with van der Waals surface area (Å²) < 4.78 is 4.66. The van der Waals surface area contributed by atoms with E-state index in [2.05, 4.69) is 20.2 Å². The number of carbonyl (C=O) groups excluding carboxylic acids is 1. The van der Waals surface area contributed by atoms with Gasteiger partial charge in [0.05, 0.1) is 6.54 Å². The molecule has 0 fully saturated rings. The van der Waals surface area contributed by atoms with Gasteiger partial charge in [0.25, 0.3) is 0 Å². The van der Waals surface area contributed by atoms with Crippen LogP contribution in [0.1, 0.15) is 32.4 Å². The predicted molar refractivity (Wildman–Crippen MR) is 64.8 cm³/mol. The van der Waals surface area contributed by atoms with Gasteiger partial charge in [-0.2, -0.15) is 0 Å². The molecule has 0 bridgehead atoms. The Balaban J connectivity index is 2.77. The van der Waals surface area contributed by atoms with Gasteiger partial charge in [-0.15, -0.1) is 0 Å². The van der Waals surface area contributed by atoms with E-state index in [0.717, 1.165) is 0 Å². The number of hydrogen-bond donors (Lipinski definition) is 3. The molecule has 0 saturated carbocycles. The number of nitrogens with zero attached hydrogens (tertiary/aromatic N) is 2. The quantitative estimate of drug-likeness (QED) is 0.301. The highest BCUT2D eigenvalue weighted by Gasteiger charge is 2.39. The molecule has 1 aromatic rings. The van der Waals surface area contributed by atoms with Gasteiger partial charge in [-0.05, 0) is 12.8 Å². The first-order valence-electron chi connectivity index (χ1n) is 5.76. The Morgan fingerprint density at radius 2 is 2.28 bits per heavy atom. The smallest absolute Gasteiger partial charge is 0.234 e. The number of oxime groups is 1. The summed E-state index contributed by atoms with van der Waals surface area (Å²) in [4.78, 5) is 12.2. The van der Waals surface area contributed by atoms with E-state index >= 15 is 0 Å². The maximum absolute atomic E-state index is 12.2. The minimum Gasteiger partial charge on any atom is -0.409 e. The SMILES string of the molecule is CCC(CC)(C(=O)NCc1ccon1)/C(N)=N/O. The number of amides is 1. The van der Waals surface area contributed by atoms with Crippen molar-refractivity contribution in [3.63, 3.8) is 0 Å². The van der Waals surface area contributed by atoms with Crippen LogP contribution in [0.25, 0.3) is 0 Å². The largest absolute Gasteiger partial charge is 0.409 e. The fourth-order valence-corrected chi connectivity index (χ4v) is 1.81. The summed E-state index contributed by atoms with van der Waals surface area (Å²) in [6, 6.07) is 1.66. The van der Waals surface area contributed by atoms with Crippen LogP contribution in [0.3, 0.4) is 0 Å². The lowest BCUT2D eigenvalue weighted by molar-refractivity contribution is -0.128.